The number of hydrogen-bond donors (Lipinski definition) is 3. The fourth-order valence-electron chi connectivity index (χ4n) is 3.81. The van der Waals surface area contributed by atoms with E-state index in [0.29, 0.717) is 23.8 Å². The number of piperidine rings is 1. The molecule has 1 heterocycles. The first kappa shape index (κ1) is 21.4. The fourth-order valence-corrected chi connectivity index (χ4v) is 3.81. The van der Waals surface area contributed by atoms with Gasteiger partial charge in [0.15, 0.2) is 0 Å². The third-order valence-electron chi connectivity index (χ3n) is 6.08. The second-order valence-electron chi connectivity index (χ2n) is 8.91. The van der Waals surface area contributed by atoms with Gasteiger partial charge in [0.2, 0.25) is 0 Å². The standard InChI is InChI=1S/C25H32N4O2/c1-18-12-14-29(15-13-18)17-20-4-2-19(3-5-20)16-26-24(30)21-6-8-22(9-7-21)27-25(31)28-23-10-11-23/h2-9,18,23H,10-17H2,1H3,(H,26,30)(H2,27,28,31). The lowest BCUT2D eigenvalue weighted by Crippen LogP contribution is -2.32. The summed E-state index contributed by atoms with van der Waals surface area (Å²) in [6.45, 7) is 6.18. The van der Waals surface area contributed by atoms with Gasteiger partial charge in [-0.15, -0.1) is 0 Å². The number of likely N-dealkylation sites (tertiary alicyclic amines) is 1. The molecule has 0 spiro atoms. The summed E-state index contributed by atoms with van der Waals surface area (Å²) >= 11 is 0. The highest BCUT2D eigenvalue weighted by molar-refractivity contribution is 5.95. The van der Waals surface area contributed by atoms with Gasteiger partial charge in [0.1, 0.15) is 0 Å². The molecule has 1 saturated heterocycles. The molecule has 31 heavy (non-hydrogen) atoms. The molecule has 0 aromatic heterocycles. The first-order valence-electron chi connectivity index (χ1n) is 11.3. The second-order valence-corrected chi connectivity index (χ2v) is 8.91. The Balaban J connectivity index is 1.22. The van der Waals surface area contributed by atoms with Crippen LogP contribution in [0.15, 0.2) is 48.5 Å². The molecule has 0 radical (unpaired) electrons. The third-order valence-corrected chi connectivity index (χ3v) is 6.08. The number of anilines is 1. The number of nitrogens with one attached hydrogen (secondary N) is 3. The molecule has 6 nitrogen and oxygen atoms in total. The van der Waals surface area contributed by atoms with Crippen molar-refractivity contribution in [2.45, 2.75) is 51.7 Å². The van der Waals surface area contributed by atoms with E-state index in [0.717, 1.165) is 30.9 Å². The van der Waals surface area contributed by atoms with Gasteiger partial charge in [-0.05, 0) is 80.1 Å². The lowest BCUT2D eigenvalue weighted by atomic mass is 9.99. The molecule has 6 heteroatoms. The predicted octanol–water partition coefficient (Wildman–Crippen LogP) is 4.13. The van der Waals surface area contributed by atoms with Crippen LogP contribution in [0.4, 0.5) is 10.5 Å². The van der Waals surface area contributed by atoms with Crippen LogP contribution in [0, 0.1) is 5.92 Å². The van der Waals surface area contributed by atoms with Crippen LogP contribution in [-0.2, 0) is 13.1 Å². The number of nitrogens with zero attached hydrogens (tertiary/aromatic N) is 1. The SMILES string of the molecule is CC1CCN(Cc2ccc(CNC(=O)c3ccc(NC(=O)NC4CC4)cc3)cc2)CC1. The van der Waals surface area contributed by atoms with Crippen molar-refractivity contribution in [3.63, 3.8) is 0 Å². The molecule has 0 atom stereocenters. The summed E-state index contributed by atoms with van der Waals surface area (Å²) < 4.78 is 0. The molecule has 3 amide bonds. The maximum atomic E-state index is 12.4. The highest BCUT2D eigenvalue weighted by atomic mass is 16.2. The molecule has 1 aliphatic carbocycles. The van der Waals surface area contributed by atoms with Gasteiger partial charge in [0.25, 0.3) is 5.91 Å². The Labute approximate surface area is 184 Å². The van der Waals surface area contributed by atoms with Crippen LogP contribution in [0.2, 0.25) is 0 Å². The van der Waals surface area contributed by atoms with E-state index in [1.54, 1.807) is 24.3 Å². The van der Waals surface area contributed by atoms with Crippen LogP contribution in [-0.4, -0.2) is 36.0 Å². The highest BCUT2D eigenvalue weighted by Gasteiger charge is 2.23. The van der Waals surface area contributed by atoms with Crippen molar-refractivity contribution < 1.29 is 9.59 Å². The molecule has 2 aromatic rings. The molecule has 1 aliphatic heterocycles. The lowest BCUT2D eigenvalue weighted by molar-refractivity contribution is 0.0951. The average Bonchev–Trinajstić information content (AvgIpc) is 3.59. The summed E-state index contributed by atoms with van der Waals surface area (Å²) in [6, 6.07) is 15.6. The predicted molar refractivity (Wildman–Crippen MR) is 123 cm³/mol. The number of benzene rings is 2. The summed E-state index contributed by atoms with van der Waals surface area (Å²) in [7, 11) is 0. The van der Waals surface area contributed by atoms with Gasteiger partial charge in [-0.25, -0.2) is 4.79 Å². The van der Waals surface area contributed by atoms with E-state index >= 15 is 0 Å². The number of urea groups is 1. The Kier molecular flexibility index (Phi) is 6.87. The minimum atomic E-state index is -0.196. The molecule has 4 rings (SSSR count). The summed E-state index contributed by atoms with van der Waals surface area (Å²) in [6.07, 6.45) is 4.67. The van der Waals surface area contributed by atoms with E-state index in [9.17, 15) is 9.59 Å². The molecule has 0 unspecified atom stereocenters. The van der Waals surface area contributed by atoms with E-state index in [4.69, 9.17) is 0 Å². The monoisotopic (exact) mass is 420 g/mol. The molecule has 2 aromatic carbocycles. The van der Waals surface area contributed by atoms with Crippen LogP contribution in [0.3, 0.4) is 0 Å². The van der Waals surface area contributed by atoms with Crippen molar-refractivity contribution >= 4 is 17.6 Å². The zero-order valence-corrected chi connectivity index (χ0v) is 18.2. The molecule has 164 valence electrons. The molecule has 2 fully saturated rings. The summed E-state index contributed by atoms with van der Waals surface area (Å²) in [5.41, 5.74) is 3.65. The van der Waals surface area contributed by atoms with Crippen molar-refractivity contribution in [3.8, 4) is 0 Å². The highest BCUT2D eigenvalue weighted by Crippen LogP contribution is 2.19. The topological polar surface area (TPSA) is 73.5 Å². The van der Waals surface area contributed by atoms with Crippen molar-refractivity contribution in [1.82, 2.24) is 15.5 Å². The Bertz CT molecular complexity index is 883. The van der Waals surface area contributed by atoms with Crippen LogP contribution >= 0.6 is 0 Å². The Hall–Kier alpha value is -2.86. The maximum Gasteiger partial charge on any atom is 0.319 e. The number of carbonyl (C=O) groups excluding carboxylic acids is 2. The van der Waals surface area contributed by atoms with Crippen LogP contribution in [0.1, 0.15) is 54.1 Å². The molecule has 1 saturated carbocycles. The summed E-state index contributed by atoms with van der Waals surface area (Å²) in [4.78, 5) is 26.7. The Morgan fingerprint density at radius 1 is 0.903 bits per heavy atom. The van der Waals surface area contributed by atoms with Gasteiger partial charge in [0.05, 0.1) is 0 Å². The number of hydrogen-bond acceptors (Lipinski definition) is 3. The largest absolute Gasteiger partial charge is 0.348 e. The first-order valence-corrected chi connectivity index (χ1v) is 11.3. The zero-order chi connectivity index (χ0) is 21.6. The van der Waals surface area contributed by atoms with E-state index in [2.05, 4.69) is 52.0 Å². The lowest BCUT2D eigenvalue weighted by Gasteiger charge is -2.30. The molecule has 3 N–H and O–H groups in total. The van der Waals surface area contributed by atoms with Gasteiger partial charge < -0.3 is 16.0 Å². The average molecular weight is 421 g/mol. The van der Waals surface area contributed by atoms with Crippen molar-refractivity contribution in [1.29, 1.82) is 0 Å². The van der Waals surface area contributed by atoms with Crippen molar-refractivity contribution in [2.24, 2.45) is 5.92 Å². The van der Waals surface area contributed by atoms with E-state index < -0.39 is 0 Å². The van der Waals surface area contributed by atoms with E-state index in [1.807, 2.05) is 0 Å². The molecular formula is C25H32N4O2. The Morgan fingerprint density at radius 3 is 2.19 bits per heavy atom. The minimum Gasteiger partial charge on any atom is -0.348 e. The first-order chi connectivity index (χ1) is 15.0. The van der Waals surface area contributed by atoms with Crippen LogP contribution in [0.5, 0.6) is 0 Å². The quantitative estimate of drug-likeness (QED) is 0.631. The maximum absolute atomic E-state index is 12.4. The van der Waals surface area contributed by atoms with Gasteiger partial charge >= 0.3 is 6.03 Å². The minimum absolute atomic E-state index is 0.125. The van der Waals surface area contributed by atoms with Crippen molar-refractivity contribution in [2.75, 3.05) is 18.4 Å². The van der Waals surface area contributed by atoms with E-state index in [-0.39, 0.29) is 11.9 Å². The molecular weight excluding hydrogens is 388 g/mol. The molecule has 2 aliphatic rings. The summed E-state index contributed by atoms with van der Waals surface area (Å²) in [5.74, 6) is 0.724. The number of amides is 3. The van der Waals surface area contributed by atoms with Crippen LogP contribution in [0.25, 0.3) is 0 Å². The number of carbonyl (C=O) groups is 2. The van der Waals surface area contributed by atoms with Gasteiger partial charge in [-0.3, -0.25) is 9.69 Å². The van der Waals surface area contributed by atoms with Crippen molar-refractivity contribution in [3.05, 3.63) is 65.2 Å². The molecule has 0 bridgehead atoms. The van der Waals surface area contributed by atoms with E-state index in [1.165, 1.54) is 31.5 Å². The van der Waals surface area contributed by atoms with Crippen LogP contribution < -0.4 is 16.0 Å². The fraction of sp³-hybridized carbons (Fsp3) is 0.440. The third kappa shape index (κ3) is 6.56. The van der Waals surface area contributed by atoms with Gasteiger partial charge in [0, 0.05) is 30.4 Å². The normalized spacial score (nSPS) is 17.2. The second kappa shape index (κ2) is 9.96. The smallest absolute Gasteiger partial charge is 0.319 e. The van der Waals surface area contributed by atoms with Gasteiger partial charge in [-0.1, -0.05) is 31.2 Å². The summed E-state index contributed by atoms with van der Waals surface area (Å²) in [5, 5.41) is 8.63. The Morgan fingerprint density at radius 2 is 1.55 bits per heavy atom. The number of rotatable bonds is 7. The van der Waals surface area contributed by atoms with Gasteiger partial charge in [-0.2, -0.15) is 0 Å². The zero-order valence-electron chi connectivity index (χ0n) is 18.2.